The van der Waals surface area contributed by atoms with E-state index in [0.717, 1.165) is 0 Å². The van der Waals surface area contributed by atoms with E-state index in [1.807, 2.05) is 0 Å². The highest BCUT2D eigenvalue weighted by Crippen LogP contribution is 2.44. The number of fused-ring (bicyclic) bond motifs is 7. The zero-order chi connectivity index (χ0) is 19.0. The quantitative estimate of drug-likeness (QED) is 0.718. The van der Waals surface area contributed by atoms with Crippen LogP contribution in [0.2, 0.25) is 0 Å². The van der Waals surface area contributed by atoms with Crippen molar-refractivity contribution in [2.45, 2.75) is 56.8 Å². The van der Waals surface area contributed by atoms with E-state index in [4.69, 9.17) is 18.9 Å². The lowest BCUT2D eigenvalue weighted by Crippen LogP contribution is -2.44. The van der Waals surface area contributed by atoms with Crippen LogP contribution in [0.1, 0.15) is 37.8 Å². The van der Waals surface area contributed by atoms with E-state index in [9.17, 15) is 14.7 Å². The topological polar surface area (TPSA) is 94.5 Å². The Kier molecular flexibility index (Phi) is 3.42. The average molecular weight is 375 g/mol. The molecular weight excluding hydrogens is 354 g/mol. The molecule has 1 aromatic rings. The van der Waals surface area contributed by atoms with Gasteiger partial charge in [-0.1, -0.05) is 0 Å². The van der Waals surface area contributed by atoms with Crippen LogP contribution in [-0.2, 0) is 31.2 Å². The smallest absolute Gasteiger partial charge is 0.254 e. The zero-order valence-corrected chi connectivity index (χ0v) is 15.2. The van der Waals surface area contributed by atoms with Crippen LogP contribution in [0.15, 0.2) is 12.1 Å². The molecular formula is C19H21NO7. The predicted octanol–water partition coefficient (Wildman–Crippen LogP) is 0.828. The number of rotatable bonds is 0. The number of benzene rings is 1. The first-order valence-electron chi connectivity index (χ1n) is 9.10. The highest BCUT2D eigenvalue weighted by atomic mass is 16.8. The third kappa shape index (κ3) is 2.47. The van der Waals surface area contributed by atoms with Gasteiger partial charge in [0.2, 0.25) is 6.79 Å². The average Bonchev–Trinajstić information content (AvgIpc) is 3.15. The number of ketones is 1. The van der Waals surface area contributed by atoms with Crippen molar-refractivity contribution in [2.24, 2.45) is 0 Å². The van der Waals surface area contributed by atoms with Crippen molar-refractivity contribution in [3.8, 4) is 11.5 Å². The Balaban J connectivity index is 1.65. The normalized spacial score (nSPS) is 33.8. The molecule has 5 rings (SSSR count). The number of Topliss-reactive ketones (excluding diaryl/α,β-unsaturated/α-hetero) is 1. The second-order valence-electron chi connectivity index (χ2n) is 7.95. The molecule has 1 unspecified atom stereocenters. The molecule has 8 heteroatoms. The minimum absolute atomic E-state index is 0.0914. The van der Waals surface area contributed by atoms with E-state index >= 15 is 0 Å². The van der Waals surface area contributed by atoms with Gasteiger partial charge in [-0.25, -0.2) is 0 Å². The van der Waals surface area contributed by atoms with Gasteiger partial charge in [0.05, 0.1) is 0 Å². The zero-order valence-electron chi connectivity index (χ0n) is 15.2. The Morgan fingerprint density at radius 1 is 1.15 bits per heavy atom. The molecule has 4 aliphatic rings. The summed E-state index contributed by atoms with van der Waals surface area (Å²) in [6.45, 7) is 4.03. The van der Waals surface area contributed by atoms with Crippen LogP contribution in [0.4, 0.5) is 0 Å². The van der Waals surface area contributed by atoms with Crippen LogP contribution in [0, 0.1) is 0 Å². The Morgan fingerprint density at radius 3 is 2.67 bits per heavy atom. The highest BCUT2D eigenvalue weighted by Gasteiger charge is 2.53. The molecule has 0 aliphatic carbocycles. The largest absolute Gasteiger partial charge is 0.454 e. The van der Waals surface area contributed by atoms with Crippen molar-refractivity contribution in [3.63, 3.8) is 0 Å². The van der Waals surface area contributed by atoms with Gasteiger partial charge in [-0.2, -0.15) is 0 Å². The van der Waals surface area contributed by atoms with E-state index < -0.39 is 23.6 Å². The second kappa shape index (κ2) is 5.43. The van der Waals surface area contributed by atoms with Gasteiger partial charge < -0.3 is 29.0 Å². The van der Waals surface area contributed by atoms with Gasteiger partial charge in [-0.3, -0.25) is 9.59 Å². The van der Waals surface area contributed by atoms with E-state index in [1.54, 1.807) is 30.9 Å². The number of hydrogen-bond acceptors (Lipinski definition) is 7. The molecule has 8 nitrogen and oxygen atoms in total. The number of amides is 1. The molecule has 1 aromatic carbocycles. The maximum absolute atomic E-state index is 13.2. The van der Waals surface area contributed by atoms with E-state index in [1.165, 1.54) is 0 Å². The van der Waals surface area contributed by atoms with Crippen LogP contribution in [0.3, 0.4) is 0 Å². The lowest BCUT2D eigenvalue weighted by atomic mass is 9.81. The van der Waals surface area contributed by atoms with Crippen LogP contribution in [0.25, 0.3) is 0 Å². The summed E-state index contributed by atoms with van der Waals surface area (Å²) in [5.41, 5.74) is -0.558. The minimum Gasteiger partial charge on any atom is -0.454 e. The molecule has 4 aliphatic heterocycles. The van der Waals surface area contributed by atoms with E-state index in [-0.39, 0.29) is 44.4 Å². The molecule has 27 heavy (non-hydrogen) atoms. The van der Waals surface area contributed by atoms with Crippen molar-refractivity contribution in [1.29, 1.82) is 0 Å². The van der Waals surface area contributed by atoms with Gasteiger partial charge in [-0.15, -0.1) is 0 Å². The molecule has 0 spiro atoms. The van der Waals surface area contributed by atoms with Gasteiger partial charge in [0.25, 0.3) is 5.91 Å². The van der Waals surface area contributed by atoms with Crippen LogP contribution >= 0.6 is 0 Å². The summed E-state index contributed by atoms with van der Waals surface area (Å²) >= 11 is 0. The molecule has 2 fully saturated rings. The van der Waals surface area contributed by atoms with Crippen LogP contribution in [0.5, 0.6) is 11.5 Å². The highest BCUT2D eigenvalue weighted by molar-refractivity contribution is 5.92. The van der Waals surface area contributed by atoms with Gasteiger partial charge in [0.15, 0.2) is 29.2 Å². The summed E-state index contributed by atoms with van der Waals surface area (Å²) in [6.07, 6.45) is -1.56. The van der Waals surface area contributed by atoms with E-state index in [2.05, 4.69) is 0 Å². The number of aliphatic hydroxyl groups is 1. The van der Waals surface area contributed by atoms with Gasteiger partial charge in [-0.05, 0) is 37.1 Å². The fourth-order valence-corrected chi connectivity index (χ4v) is 4.42. The maximum atomic E-state index is 13.2. The minimum atomic E-state index is -1.71. The molecule has 4 heterocycles. The molecule has 0 radical (unpaired) electrons. The predicted molar refractivity (Wildman–Crippen MR) is 89.9 cm³/mol. The van der Waals surface area contributed by atoms with Crippen molar-refractivity contribution < 1.29 is 33.6 Å². The molecule has 0 aromatic heterocycles. The number of nitrogens with zero attached hydrogens (tertiary/aromatic N) is 1. The number of carbonyl (C=O) groups is 2. The van der Waals surface area contributed by atoms with Crippen molar-refractivity contribution in [3.05, 3.63) is 23.3 Å². The molecule has 144 valence electrons. The summed E-state index contributed by atoms with van der Waals surface area (Å²) in [4.78, 5) is 28.0. The first-order valence-corrected chi connectivity index (χ1v) is 9.10. The van der Waals surface area contributed by atoms with Gasteiger partial charge in [0.1, 0.15) is 11.7 Å². The molecule has 3 atom stereocenters. The molecule has 1 N–H and O–H groups in total. The summed E-state index contributed by atoms with van der Waals surface area (Å²) in [5, 5.41) is 11.4. The Labute approximate surface area is 155 Å². The first kappa shape index (κ1) is 17.0. The van der Waals surface area contributed by atoms with Crippen molar-refractivity contribution in [2.75, 3.05) is 13.3 Å². The monoisotopic (exact) mass is 375 g/mol. The van der Waals surface area contributed by atoms with Crippen molar-refractivity contribution >= 4 is 11.7 Å². The lowest BCUT2D eigenvalue weighted by Gasteiger charge is -2.28. The molecule has 2 bridgehead atoms. The SMILES string of the molecule is CC1(C)O[C@@H]2C(=O)N3CCC(O)(C(=O)C[C@H]2O1)c1cc2c(cc1C3)OCO2. The fraction of sp³-hybridized carbons (Fsp3) is 0.579. The summed E-state index contributed by atoms with van der Waals surface area (Å²) in [5.74, 6) is -0.521. The summed E-state index contributed by atoms with van der Waals surface area (Å²) in [6, 6.07) is 3.41. The second-order valence-corrected chi connectivity index (χ2v) is 7.95. The first-order chi connectivity index (χ1) is 12.8. The van der Waals surface area contributed by atoms with Crippen LogP contribution < -0.4 is 9.47 Å². The Morgan fingerprint density at radius 2 is 1.89 bits per heavy atom. The molecule has 0 saturated carbocycles. The van der Waals surface area contributed by atoms with Gasteiger partial charge in [0, 0.05) is 25.9 Å². The van der Waals surface area contributed by atoms with E-state index in [0.29, 0.717) is 22.6 Å². The number of ether oxygens (including phenoxy) is 4. The third-order valence-corrected chi connectivity index (χ3v) is 5.74. The fourth-order valence-electron chi connectivity index (χ4n) is 4.42. The van der Waals surface area contributed by atoms with Crippen molar-refractivity contribution in [1.82, 2.24) is 4.90 Å². The number of hydrogen-bond donors (Lipinski definition) is 1. The summed E-state index contributed by atoms with van der Waals surface area (Å²) < 4.78 is 22.5. The molecule has 2 saturated heterocycles. The third-order valence-electron chi connectivity index (χ3n) is 5.74. The Hall–Kier alpha value is -2.16. The number of carbonyl (C=O) groups excluding carboxylic acids is 2. The molecule has 1 amide bonds. The Bertz CT molecular complexity index is 851. The lowest BCUT2D eigenvalue weighted by molar-refractivity contribution is -0.164. The van der Waals surface area contributed by atoms with Crippen LogP contribution in [-0.4, -0.2) is 53.0 Å². The standard InChI is InChI=1S/C19H21NO7/c1-18(2)26-14-7-15(21)19(23)3-4-20(17(22)16(14)27-18)8-10-5-12-13(6-11(10)19)25-9-24-12/h5-6,14,16,23H,3-4,7-9H2,1-2H3/t14-,16+,19?/m1/s1. The summed E-state index contributed by atoms with van der Waals surface area (Å²) in [7, 11) is 0. The van der Waals surface area contributed by atoms with Gasteiger partial charge >= 0.3 is 0 Å². The maximum Gasteiger partial charge on any atom is 0.254 e.